The van der Waals surface area contributed by atoms with Gasteiger partial charge in [0.15, 0.2) is 0 Å². The van der Waals surface area contributed by atoms with Crippen LogP contribution in [0.1, 0.15) is 24.1 Å². The molecule has 0 amide bonds. The summed E-state index contributed by atoms with van der Waals surface area (Å²) < 4.78 is 1.31. The van der Waals surface area contributed by atoms with Crippen LogP contribution in [0.2, 0.25) is 5.02 Å². The molecule has 4 rings (SSSR count). The minimum absolute atomic E-state index is 0.778. The standard InChI is InChI=1S/C17H21ClN2S/c18-17-14-5-1-2-6-15(14)21-16(17)12-19-10-7-13(11-19)20-8-3-4-9-20/h1-2,5-6,13H,3-4,7-12H2. The summed E-state index contributed by atoms with van der Waals surface area (Å²) in [4.78, 5) is 6.60. The highest BCUT2D eigenvalue weighted by atomic mass is 35.5. The molecule has 0 aliphatic carbocycles. The van der Waals surface area contributed by atoms with E-state index in [0.29, 0.717) is 0 Å². The first kappa shape index (κ1) is 14.0. The van der Waals surface area contributed by atoms with E-state index in [1.807, 2.05) is 11.3 Å². The molecule has 2 saturated heterocycles. The predicted molar refractivity (Wildman–Crippen MR) is 91.3 cm³/mol. The molecule has 2 aliphatic heterocycles. The molecule has 0 N–H and O–H groups in total. The average Bonchev–Trinajstić information content (AvgIpc) is 3.21. The molecule has 2 nitrogen and oxygen atoms in total. The fraction of sp³-hybridized carbons (Fsp3) is 0.529. The zero-order valence-electron chi connectivity index (χ0n) is 12.2. The molecule has 0 radical (unpaired) electrons. The molecule has 21 heavy (non-hydrogen) atoms. The van der Waals surface area contributed by atoms with Gasteiger partial charge in [0.05, 0.1) is 5.02 Å². The average molecular weight is 321 g/mol. The van der Waals surface area contributed by atoms with Gasteiger partial charge in [0.25, 0.3) is 0 Å². The van der Waals surface area contributed by atoms with E-state index in [0.717, 1.165) is 17.6 Å². The van der Waals surface area contributed by atoms with Crippen LogP contribution in [-0.2, 0) is 6.54 Å². The third kappa shape index (κ3) is 2.72. The lowest BCUT2D eigenvalue weighted by atomic mass is 10.2. The van der Waals surface area contributed by atoms with Gasteiger partial charge < -0.3 is 0 Å². The van der Waals surface area contributed by atoms with E-state index < -0.39 is 0 Å². The highest BCUT2D eigenvalue weighted by Gasteiger charge is 2.29. The molecule has 1 unspecified atom stereocenters. The molecule has 112 valence electrons. The smallest absolute Gasteiger partial charge is 0.0637 e. The molecular formula is C17H21ClN2S. The molecule has 1 atom stereocenters. The van der Waals surface area contributed by atoms with Crippen LogP contribution < -0.4 is 0 Å². The fourth-order valence-electron chi connectivity index (χ4n) is 3.73. The van der Waals surface area contributed by atoms with Crippen molar-refractivity contribution in [3.63, 3.8) is 0 Å². The monoisotopic (exact) mass is 320 g/mol. The van der Waals surface area contributed by atoms with Gasteiger partial charge in [-0.3, -0.25) is 9.80 Å². The minimum Gasteiger partial charge on any atom is -0.299 e. The number of benzene rings is 1. The zero-order valence-corrected chi connectivity index (χ0v) is 13.8. The normalized spacial score (nSPS) is 24.3. The van der Waals surface area contributed by atoms with E-state index in [-0.39, 0.29) is 0 Å². The van der Waals surface area contributed by atoms with E-state index in [2.05, 4.69) is 34.1 Å². The van der Waals surface area contributed by atoms with E-state index in [4.69, 9.17) is 11.6 Å². The van der Waals surface area contributed by atoms with Crippen molar-refractivity contribution < 1.29 is 0 Å². The molecule has 1 aromatic heterocycles. The van der Waals surface area contributed by atoms with Gasteiger partial charge in [0.1, 0.15) is 0 Å². The van der Waals surface area contributed by atoms with Crippen molar-refractivity contribution in [2.24, 2.45) is 0 Å². The van der Waals surface area contributed by atoms with Crippen LogP contribution in [-0.4, -0.2) is 42.0 Å². The lowest BCUT2D eigenvalue weighted by Crippen LogP contribution is -2.35. The van der Waals surface area contributed by atoms with Gasteiger partial charge in [0, 0.05) is 40.6 Å². The molecule has 2 fully saturated rings. The van der Waals surface area contributed by atoms with Crippen LogP contribution in [0.15, 0.2) is 24.3 Å². The molecule has 0 spiro atoms. The van der Waals surface area contributed by atoms with Gasteiger partial charge >= 0.3 is 0 Å². The topological polar surface area (TPSA) is 6.48 Å². The van der Waals surface area contributed by atoms with Crippen molar-refractivity contribution in [2.45, 2.75) is 31.8 Å². The first-order chi connectivity index (χ1) is 10.3. The van der Waals surface area contributed by atoms with Gasteiger partial charge in [-0.2, -0.15) is 0 Å². The Morgan fingerprint density at radius 3 is 2.76 bits per heavy atom. The van der Waals surface area contributed by atoms with Crippen molar-refractivity contribution in [3.8, 4) is 0 Å². The molecule has 0 bridgehead atoms. The summed E-state index contributed by atoms with van der Waals surface area (Å²) in [6.45, 7) is 6.06. The van der Waals surface area contributed by atoms with Crippen molar-refractivity contribution >= 4 is 33.0 Å². The first-order valence-corrected chi connectivity index (χ1v) is 9.13. The SMILES string of the molecule is Clc1c(CN2CCC(N3CCCC3)C2)sc2ccccc12. The Bertz CT molecular complexity index is 633. The second-order valence-electron chi connectivity index (χ2n) is 6.26. The Kier molecular flexibility index (Phi) is 3.92. The number of thiophene rings is 1. The quantitative estimate of drug-likeness (QED) is 0.835. The summed E-state index contributed by atoms with van der Waals surface area (Å²) >= 11 is 8.43. The molecular weight excluding hydrogens is 300 g/mol. The van der Waals surface area contributed by atoms with Crippen LogP contribution >= 0.6 is 22.9 Å². The largest absolute Gasteiger partial charge is 0.299 e. The number of fused-ring (bicyclic) bond motifs is 1. The van der Waals surface area contributed by atoms with Crippen molar-refractivity contribution in [2.75, 3.05) is 26.2 Å². The molecule has 1 aromatic carbocycles. The first-order valence-electron chi connectivity index (χ1n) is 7.93. The zero-order chi connectivity index (χ0) is 14.2. The maximum atomic E-state index is 6.57. The lowest BCUT2D eigenvalue weighted by molar-refractivity contribution is 0.230. The minimum atomic E-state index is 0.778. The van der Waals surface area contributed by atoms with Crippen molar-refractivity contribution in [1.82, 2.24) is 9.80 Å². The summed E-state index contributed by atoms with van der Waals surface area (Å²) in [5, 5.41) is 2.19. The van der Waals surface area contributed by atoms with E-state index >= 15 is 0 Å². The van der Waals surface area contributed by atoms with Crippen LogP contribution in [0.25, 0.3) is 10.1 Å². The molecule has 4 heteroatoms. The number of nitrogens with zero attached hydrogens (tertiary/aromatic N) is 2. The number of hydrogen-bond acceptors (Lipinski definition) is 3. The molecule has 2 aliphatic rings. The summed E-state index contributed by atoms with van der Waals surface area (Å²) in [6.07, 6.45) is 4.10. The summed E-state index contributed by atoms with van der Waals surface area (Å²) in [6, 6.07) is 9.25. The van der Waals surface area contributed by atoms with Crippen LogP contribution in [0.3, 0.4) is 0 Å². The Labute approximate surface area is 135 Å². The summed E-state index contributed by atoms with van der Waals surface area (Å²) in [5.74, 6) is 0. The third-order valence-corrected chi connectivity index (χ3v) is 6.57. The van der Waals surface area contributed by atoms with E-state index in [1.54, 1.807) is 0 Å². The lowest BCUT2D eigenvalue weighted by Gasteiger charge is -2.23. The number of likely N-dealkylation sites (tertiary alicyclic amines) is 2. The Morgan fingerprint density at radius 1 is 1.14 bits per heavy atom. The van der Waals surface area contributed by atoms with Gasteiger partial charge in [0.2, 0.25) is 0 Å². The predicted octanol–water partition coefficient (Wildman–Crippen LogP) is 4.22. The van der Waals surface area contributed by atoms with Gasteiger partial charge in [-0.15, -0.1) is 11.3 Å². The molecule has 3 heterocycles. The number of rotatable bonds is 3. The second-order valence-corrected chi connectivity index (χ2v) is 7.77. The second kappa shape index (κ2) is 5.88. The van der Waals surface area contributed by atoms with Gasteiger partial charge in [-0.25, -0.2) is 0 Å². The van der Waals surface area contributed by atoms with Crippen molar-refractivity contribution in [3.05, 3.63) is 34.2 Å². The summed E-state index contributed by atoms with van der Waals surface area (Å²) in [7, 11) is 0. The van der Waals surface area contributed by atoms with Gasteiger partial charge in [-0.05, 0) is 38.4 Å². The fourth-order valence-corrected chi connectivity index (χ4v) is 5.27. The van der Waals surface area contributed by atoms with Crippen LogP contribution in [0.4, 0.5) is 0 Å². The number of hydrogen-bond donors (Lipinski definition) is 0. The molecule has 2 aromatic rings. The Hall–Kier alpha value is -0.610. The maximum absolute atomic E-state index is 6.57. The third-order valence-electron chi connectivity index (χ3n) is 4.87. The maximum Gasteiger partial charge on any atom is 0.0637 e. The van der Waals surface area contributed by atoms with Crippen LogP contribution in [0, 0.1) is 0 Å². The summed E-state index contributed by atoms with van der Waals surface area (Å²) in [5.41, 5.74) is 0. The van der Waals surface area contributed by atoms with Crippen molar-refractivity contribution in [1.29, 1.82) is 0 Å². The van der Waals surface area contributed by atoms with Crippen LogP contribution in [0.5, 0.6) is 0 Å². The highest BCUT2D eigenvalue weighted by molar-refractivity contribution is 7.19. The Morgan fingerprint density at radius 2 is 1.95 bits per heavy atom. The van der Waals surface area contributed by atoms with E-state index in [9.17, 15) is 0 Å². The highest BCUT2D eigenvalue weighted by Crippen LogP contribution is 2.36. The Balaban J connectivity index is 1.47. The number of halogens is 1. The van der Waals surface area contributed by atoms with E-state index in [1.165, 1.54) is 60.4 Å². The van der Waals surface area contributed by atoms with Gasteiger partial charge in [-0.1, -0.05) is 29.8 Å². The molecule has 0 saturated carbocycles.